The number of aromatic nitrogens is 2. The predicted molar refractivity (Wildman–Crippen MR) is 70.1 cm³/mol. The predicted octanol–water partition coefficient (Wildman–Crippen LogP) is 3.02. The first kappa shape index (κ1) is 12.4. The van der Waals surface area contributed by atoms with Crippen molar-refractivity contribution in [1.29, 1.82) is 0 Å². The Hall–Kier alpha value is -2.10. The maximum absolute atomic E-state index is 10.9. The van der Waals surface area contributed by atoms with Crippen LogP contribution in [0.1, 0.15) is 35.7 Å². The number of hydrogen-bond acceptors (Lipinski definition) is 3. The highest BCUT2D eigenvalue weighted by Gasteiger charge is 2.12. The van der Waals surface area contributed by atoms with Gasteiger partial charge in [0.1, 0.15) is 5.75 Å². The molecular formula is C14H16N2O2. The number of carbonyl (C=O) groups is 1. The van der Waals surface area contributed by atoms with Crippen molar-refractivity contribution in [2.75, 3.05) is 7.11 Å². The molecular weight excluding hydrogens is 228 g/mol. The van der Waals surface area contributed by atoms with E-state index in [1.807, 2.05) is 18.2 Å². The Balaban J connectivity index is 2.53. The number of nitrogens with one attached hydrogen (secondary N) is 1. The maximum atomic E-state index is 10.9. The van der Waals surface area contributed by atoms with Crippen LogP contribution < -0.4 is 4.74 Å². The van der Waals surface area contributed by atoms with Gasteiger partial charge in [-0.05, 0) is 29.7 Å². The second kappa shape index (κ2) is 5.04. The lowest BCUT2D eigenvalue weighted by Gasteiger charge is -2.13. The van der Waals surface area contributed by atoms with E-state index in [-0.39, 0.29) is 0 Å². The molecule has 0 unspecified atom stereocenters. The molecule has 1 heterocycles. The second-order valence-corrected chi connectivity index (χ2v) is 4.43. The molecule has 0 saturated carbocycles. The van der Waals surface area contributed by atoms with E-state index in [0.29, 0.717) is 11.5 Å². The number of ether oxygens (including phenoxy) is 1. The molecule has 0 bridgehead atoms. The first-order valence-electron chi connectivity index (χ1n) is 5.84. The van der Waals surface area contributed by atoms with Crippen LogP contribution in [-0.4, -0.2) is 23.6 Å². The number of H-pyrrole nitrogens is 1. The van der Waals surface area contributed by atoms with Crippen LogP contribution in [0, 0.1) is 0 Å². The van der Waals surface area contributed by atoms with Crippen molar-refractivity contribution in [3.63, 3.8) is 0 Å². The molecule has 1 N–H and O–H groups in total. The third-order valence-corrected chi connectivity index (χ3v) is 2.94. The van der Waals surface area contributed by atoms with E-state index in [0.717, 1.165) is 28.9 Å². The Kier molecular flexibility index (Phi) is 3.46. The largest absolute Gasteiger partial charge is 0.496 e. The molecule has 0 aliphatic heterocycles. The van der Waals surface area contributed by atoms with Gasteiger partial charge in [0.05, 0.1) is 24.6 Å². The summed E-state index contributed by atoms with van der Waals surface area (Å²) in [5.41, 5.74) is 3.37. The first-order chi connectivity index (χ1) is 8.67. The summed E-state index contributed by atoms with van der Waals surface area (Å²) >= 11 is 0. The second-order valence-electron chi connectivity index (χ2n) is 4.43. The minimum atomic E-state index is 0.350. The molecule has 1 aromatic heterocycles. The van der Waals surface area contributed by atoms with Crippen molar-refractivity contribution in [2.24, 2.45) is 0 Å². The number of aldehydes is 1. The zero-order chi connectivity index (χ0) is 13.1. The molecule has 0 aliphatic carbocycles. The quantitative estimate of drug-likeness (QED) is 0.841. The lowest BCUT2D eigenvalue weighted by Crippen LogP contribution is -1.95. The molecule has 94 valence electrons. The maximum Gasteiger partial charge on any atom is 0.153 e. The summed E-state index contributed by atoms with van der Waals surface area (Å²) in [7, 11) is 1.66. The summed E-state index contributed by atoms with van der Waals surface area (Å²) in [4.78, 5) is 10.9. The van der Waals surface area contributed by atoms with Crippen molar-refractivity contribution in [3.05, 3.63) is 35.5 Å². The average molecular weight is 244 g/mol. The Labute approximate surface area is 106 Å². The van der Waals surface area contributed by atoms with Crippen LogP contribution in [0.5, 0.6) is 5.75 Å². The van der Waals surface area contributed by atoms with E-state index in [1.165, 1.54) is 6.20 Å². The van der Waals surface area contributed by atoms with E-state index in [1.54, 1.807) is 7.11 Å². The molecule has 18 heavy (non-hydrogen) atoms. The van der Waals surface area contributed by atoms with Gasteiger partial charge in [0.15, 0.2) is 6.29 Å². The number of methoxy groups -OCH3 is 1. The van der Waals surface area contributed by atoms with Crippen molar-refractivity contribution < 1.29 is 9.53 Å². The molecule has 2 aromatic rings. The highest BCUT2D eigenvalue weighted by molar-refractivity contribution is 5.85. The topological polar surface area (TPSA) is 55.0 Å². The third-order valence-electron chi connectivity index (χ3n) is 2.94. The van der Waals surface area contributed by atoms with Gasteiger partial charge in [0, 0.05) is 5.56 Å². The number of aromatic amines is 1. The molecule has 2 rings (SSSR count). The van der Waals surface area contributed by atoms with Crippen molar-refractivity contribution in [1.82, 2.24) is 10.2 Å². The van der Waals surface area contributed by atoms with E-state index in [9.17, 15) is 4.79 Å². The fourth-order valence-electron chi connectivity index (χ4n) is 1.96. The monoisotopic (exact) mass is 244 g/mol. The number of rotatable bonds is 4. The molecule has 1 aromatic carbocycles. The van der Waals surface area contributed by atoms with Gasteiger partial charge in [-0.25, -0.2) is 0 Å². The molecule has 4 heteroatoms. The smallest absolute Gasteiger partial charge is 0.153 e. The highest BCUT2D eigenvalue weighted by Crippen LogP contribution is 2.31. The third kappa shape index (κ3) is 2.14. The Morgan fingerprint density at radius 2 is 2.17 bits per heavy atom. The SMILES string of the molecule is COc1ccc(-c2[nH]ncc2C=O)cc1C(C)C. The van der Waals surface area contributed by atoms with Gasteiger partial charge in [0.2, 0.25) is 0 Å². The zero-order valence-electron chi connectivity index (χ0n) is 10.7. The Morgan fingerprint density at radius 3 is 2.78 bits per heavy atom. The van der Waals surface area contributed by atoms with Gasteiger partial charge < -0.3 is 4.74 Å². The van der Waals surface area contributed by atoms with Gasteiger partial charge in [-0.15, -0.1) is 0 Å². The normalized spacial score (nSPS) is 10.7. The highest BCUT2D eigenvalue weighted by atomic mass is 16.5. The standard InChI is InChI=1S/C14H16N2O2/c1-9(2)12-6-10(4-5-13(12)18-3)14-11(8-17)7-15-16-14/h4-9H,1-3H3,(H,15,16). The van der Waals surface area contributed by atoms with Crippen LogP contribution >= 0.6 is 0 Å². The van der Waals surface area contributed by atoms with Gasteiger partial charge >= 0.3 is 0 Å². The van der Waals surface area contributed by atoms with Gasteiger partial charge in [-0.3, -0.25) is 9.89 Å². The van der Waals surface area contributed by atoms with Crippen LogP contribution in [0.25, 0.3) is 11.3 Å². The van der Waals surface area contributed by atoms with Gasteiger partial charge in [-0.1, -0.05) is 13.8 Å². The molecule has 0 atom stereocenters. The van der Waals surface area contributed by atoms with Crippen LogP contribution in [0.15, 0.2) is 24.4 Å². The zero-order valence-corrected chi connectivity index (χ0v) is 10.7. The Bertz CT molecular complexity index is 559. The summed E-state index contributed by atoms with van der Waals surface area (Å²) in [6.45, 7) is 4.21. The summed E-state index contributed by atoms with van der Waals surface area (Å²) in [6, 6.07) is 5.87. The molecule has 0 radical (unpaired) electrons. The lowest BCUT2D eigenvalue weighted by atomic mass is 9.97. The van der Waals surface area contributed by atoms with E-state index in [4.69, 9.17) is 4.74 Å². The van der Waals surface area contributed by atoms with Crippen molar-refractivity contribution >= 4 is 6.29 Å². The van der Waals surface area contributed by atoms with Gasteiger partial charge in [-0.2, -0.15) is 5.10 Å². The van der Waals surface area contributed by atoms with E-state index in [2.05, 4.69) is 24.0 Å². The fourth-order valence-corrected chi connectivity index (χ4v) is 1.96. The van der Waals surface area contributed by atoms with E-state index >= 15 is 0 Å². The molecule has 4 nitrogen and oxygen atoms in total. The van der Waals surface area contributed by atoms with Crippen LogP contribution in [-0.2, 0) is 0 Å². The van der Waals surface area contributed by atoms with Crippen molar-refractivity contribution in [2.45, 2.75) is 19.8 Å². The molecule has 0 fully saturated rings. The molecule has 0 spiro atoms. The van der Waals surface area contributed by atoms with Crippen LogP contribution in [0.3, 0.4) is 0 Å². The molecule has 0 amide bonds. The first-order valence-corrected chi connectivity index (χ1v) is 5.84. The van der Waals surface area contributed by atoms with Crippen LogP contribution in [0.2, 0.25) is 0 Å². The number of benzene rings is 1. The number of hydrogen-bond donors (Lipinski definition) is 1. The number of nitrogens with zero attached hydrogens (tertiary/aromatic N) is 1. The summed E-state index contributed by atoms with van der Waals surface area (Å²) in [5.74, 6) is 1.21. The van der Waals surface area contributed by atoms with E-state index < -0.39 is 0 Å². The summed E-state index contributed by atoms with van der Waals surface area (Å²) in [6.07, 6.45) is 2.33. The summed E-state index contributed by atoms with van der Waals surface area (Å²) < 4.78 is 5.34. The minimum absolute atomic E-state index is 0.350. The molecule has 0 saturated heterocycles. The summed E-state index contributed by atoms with van der Waals surface area (Å²) in [5, 5.41) is 6.75. The average Bonchev–Trinajstić information content (AvgIpc) is 2.86. The lowest BCUT2D eigenvalue weighted by molar-refractivity contribution is 0.112. The Morgan fingerprint density at radius 1 is 1.39 bits per heavy atom. The minimum Gasteiger partial charge on any atom is -0.496 e. The molecule has 0 aliphatic rings. The van der Waals surface area contributed by atoms with Crippen molar-refractivity contribution in [3.8, 4) is 17.0 Å². The van der Waals surface area contributed by atoms with Gasteiger partial charge in [0.25, 0.3) is 0 Å². The van der Waals surface area contributed by atoms with Crippen LogP contribution in [0.4, 0.5) is 0 Å². The fraction of sp³-hybridized carbons (Fsp3) is 0.286. The number of carbonyl (C=O) groups excluding carboxylic acids is 1.